The van der Waals surface area contributed by atoms with Crippen LogP contribution in [0.15, 0.2) is 48.5 Å². The van der Waals surface area contributed by atoms with Crippen LogP contribution in [0.3, 0.4) is 0 Å². The third-order valence-electron chi connectivity index (χ3n) is 5.23. The van der Waals surface area contributed by atoms with E-state index in [0.717, 1.165) is 5.56 Å². The summed E-state index contributed by atoms with van der Waals surface area (Å²) < 4.78 is 19.9. The number of hydrogen-bond donors (Lipinski definition) is 1. The molecule has 0 spiro atoms. The van der Waals surface area contributed by atoms with Crippen LogP contribution < -0.4 is 10.1 Å². The van der Waals surface area contributed by atoms with Crippen molar-refractivity contribution in [1.82, 2.24) is 10.2 Å². The summed E-state index contributed by atoms with van der Waals surface area (Å²) in [5.41, 5.74) is 1.52. The largest absolute Gasteiger partial charge is 0.484 e. The summed E-state index contributed by atoms with van der Waals surface area (Å²) in [5, 5.41) is 2.84. The van der Waals surface area contributed by atoms with Crippen LogP contribution in [-0.2, 0) is 21.5 Å². The molecular formula is C26H35FN2O3. The topological polar surface area (TPSA) is 58.6 Å². The maximum atomic E-state index is 14.2. The maximum absolute atomic E-state index is 14.2. The fourth-order valence-corrected chi connectivity index (χ4v) is 3.12. The summed E-state index contributed by atoms with van der Waals surface area (Å²) in [5.74, 6) is -0.243. The Kier molecular flexibility index (Phi) is 8.81. The van der Waals surface area contributed by atoms with Gasteiger partial charge in [-0.25, -0.2) is 4.39 Å². The molecule has 0 bridgehead atoms. The van der Waals surface area contributed by atoms with Crippen LogP contribution in [0.4, 0.5) is 4.39 Å². The number of carbonyl (C=O) groups is 2. The highest BCUT2D eigenvalue weighted by Gasteiger charge is 2.27. The molecule has 32 heavy (non-hydrogen) atoms. The minimum atomic E-state index is -0.771. The zero-order chi connectivity index (χ0) is 23.9. The summed E-state index contributed by atoms with van der Waals surface area (Å²) in [6, 6.07) is 13.1. The van der Waals surface area contributed by atoms with Crippen molar-refractivity contribution in [1.29, 1.82) is 0 Å². The van der Waals surface area contributed by atoms with Crippen LogP contribution in [0.2, 0.25) is 0 Å². The average molecular weight is 443 g/mol. The van der Waals surface area contributed by atoms with Crippen LogP contribution in [0.25, 0.3) is 0 Å². The van der Waals surface area contributed by atoms with Crippen LogP contribution in [0.1, 0.15) is 52.7 Å². The van der Waals surface area contributed by atoms with Gasteiger partial charge < -0.3 is 15.0 Å². The smallest absolute Gasteiger partial charge is 0.261 e. The standard InChI is InChI=1S/C26H35FN2O3/c1-18(2)15-28-25(31)19(3)29(16-20-9-7-8-10-23(20)27)24(30)17-32-22-13-11-21(12-14-22)26(4,5)6/h7-14,18-19H,15-17H2,1-6H3,(H,28,31)/t19-/m1/s1. The molecule has 0 radical (unpaired) electrons. The van der Waals surface area contributed by atoms with Crippen molar-refractivity contribution < 1.29 is 18.7 Å². The first kappa shape index (κ1) is 25.4. The Morgan fingerprint density at radius 2 is 1.66 bits per heavy atom. The van der Waals surface area contributed by atoms with Gasteiger partial charge in [-0.05, 0) is 42.0 Å². The summed E-state index contributed by atoms with van der Waals surface area (Å²) in [4.78, 5) is 27.0. The van der Waals surface area contributed by atoms with Crippen LogP contribution in [0.5, 0.6) is 5.75 Å². The van der Waals surface area contributed by atoms with Gasteiger partial charge in [-0.2, -0.15) is 0 Å². The number of halogens is 1. The van der Waals surface area contributed by atoms with Gasteiger partial charge in [0, 0.05) is 18.7 Å². The van der Waals surface area contributed by atoms with Gasteiger partial charge in [0.05, 0.1) is 0 Å². The van der Waals surface area contributed by atoms with E-state index in [2.05, 4.69) is 26.1 Å². The Morgan fingerprint density at radius 3 is 2.22 bits per heavy atom. The van der Waals surface area contributed by atoms with Crippen molar-refractivity contribution in [2.45, 2.75) is 59.5 Å². The molecule has 0 unspecified atom stereocenters. The number of hydrogen-bond acceptors (Lipinski definition) is 3. The summed E-state index contributed by atoms with van der Waals surface area (Å²) in [7, 11) is 0. The quantitative estimate of drug-likeness (QED) is 0.613. The van der Waals surface area contributed by atoms with Crippen molar-refractivity contribution in [2.24, 2.45) is 5.92 Å². The Labute approximate surface area is 191 Å². The lowest BCUT2D eigenvalue weighted by Crippen LogP contribution is -2.49. The second-order valence-corrected chi connectivity index (χ2v) is 9.49. The second-order valence-electron chi connectivity index (χ2n) is 9.49. The molecule has 174 valence electrons. The Hall–Kier alpha value is -2.89. The van der Waals surface area contributed by atoms with E-state index in [1.54, 1.807) is 25.1 Å². The zero-order valence-corrected chi connectivity index (χ0v) is 19.9. The molecule has 1 atom stereocenters. The maximum Gasteiger partial charge on any atom is 0.261 e. The fourth-order valence-electron chi connectivity index (χ4n) is 3.12. The molecule has 2 aromatic carbocycles. The number of benzene rings is 2. The molecule has 2 aromatic rings. The molecule has 0 aromatic heterocycles. The lowest BCUT2D eigenvalue weighted by Gasteiger charge is -2.29. The summed E-state index contributed by atoms with van der Waals surface area (Å²) >= 11 is 0. The molecule has 0 saturated carbocycles. The van der Waals surface area contributed by atoms with Gasteiger partial charge in [0.15, 0.2) is 6.61 Å². The lowest BCUT2D eigenvalue weighted by molar-refractivity contribution is -0.142. The predicted octanol–water partition coefficient (Wildman–Crippen LogP) is 4.69. The van der Waals surface area contributed by atoms with Crippen LogP contribution in [0, 0.1) is 11.7 Å². The minimum absolute atomic E-state index is 0.0175. The first-order valence-electron chi connectivity index (χ1n) is 11.0. The highest BCUT2D eigenvalue weighted by atomic mass is 19.1. The monoisotopic (exact) mass is 442 g/mol. The molecule has 0 aliphatic heterocycles. The van der Waals surface area contributed by atoms with E-state index >= 15 is 0 Å². The normalized spacial score (nSPS) is 12.4. The number of ether oxygens (including phenoxy) is 1. The first-order valence-corrected chi connectivity index (χ1v) is 11.0. The van der Waals surface area contributed by atoms with Crippen LogP contribution >= 0.6 is 0 Å². The van der Waals surface area contributed by atoms with Gasteiger partial charge in [-0.1, -0.05) is 65.0 Å². The van der Waals surface area contributed by atoms with Gasteiger partial charge in [0.25, 0.3) is 5.91 Å². The number of amides is 2. The average Bonchev–Trinajstić information content (AvgIpc) is 2.74. The van der Waals surface area contributed by atoms with Gasteiger partial charge in [0.2, 0.25) is 5.91 Å². The molecule has 2 rings (SSSR count). The zero-order valence-electron chi connectivity index (χ0n) is 19.9. The van der Waals surface area contributed by atoms with Crippen molar-refractivity contribution in [3.63, 3.8) is 0 Å². The van der Waals surface area contributed by atoms with Crippen molar-refractivity contribution in [2.75, 3.05) is 13.2 Å². The van der Waals surface area contributed by atoms with E-state index in [1.165, 1.54) is 11.0 Å². The van der Waals surface area contributed by atoms with Gasteiger partial charge >= 0.3 is 0 Å². The summed E-state index contributed by atoms with van der Waals surface area (Å²) in [6.07, 6.45) is 0. The second kappa shape index (κ2) is 11.1. The molecule has 0 saturated heterocycles. The first-order chi connectivity index (χ1) is 15.0. The van der Waals surface area contributed by atoms with E-state index in [0.29, 0.717) is 17.9 Å². The highest BCUT2D eigenvalue weighted by Crippen LogP contribution is 2.24. The molecular weight excluding hydrogens is 407 g/mol. The van der Waals surface area contributed by atoms with Crippen molar-refractivity contribution >= 4 is 11.8 Å². The van der Waals surface area contributed by atoms with Gasteiger partial charge in [-0.15, -0.1) is 0 Å². The third kappa shape index (κ3) is 7.36. The number of nitrogens with one attached hydrogen (secondary N) is 1. The Bertz CT molecular complexity index is 904. The minimum Gasteiger partial charge on any atom is -0.484 e. The molecule has 0 fully saturated rings. The third-order valence-corrected chi connectivity index (χ3v) is 5.23. The molecule has 2 amide bonds. The summed E-state index contributed by atoms with van der Waals surface area (Å²) in [6.45, 7) is 12.2. The fraction of sp³-hybridized carbons (Fsp3) is 0.462. The van der Waals surface area contributed by atoms with E-state index < -0.39 is 11.9 Å². The Balaban J connectivity index is 2.13. The van der Waals surface area contributed by atoms with Gasteiger partial charge in [0.1, 0.15) is 17.6 Å². The Morgan fingerprint density at radius 1 is 1.03 bits per heavy atom. The molecule has 0 aliphatic carbocycles. The SMILES string of the molecule is CC(C)CNC(=O)[C@@H](C)N(Cc1ccccc1F)C(=O)COc1ccc(C(C)(C)C)cc1. The molecule has 5 nitrogen and oxygen atoms in total. The van der Waals surface area contributed by atoms with E-state index in [4.69, 9.17) is 4.74 Å². The number of carbonyl (C=O) groups excluding carboxylic acids is 2. The van der Waals surface area contributed by atoms with Crippen molar-refractivity contribution in [3.8, 4) is 5.75 Å². The molecule has 6 heteroatoms. The predicted molar refractivity (Wildman–Crippen MR) is 125 cm³/mol. The van der Waals surface area contributed by atoms with Crippen LogP contribution in [-0.4, -0.2) is 35.9 Å². The lowest BCUT2D eigenvalue weighted by atomic mass is 9.87. The van der Waals surface area contributed by atoms with Gasteiger partial charge in [-0.3, -0.25) is 9.59 Å². The highest BCUT2D eigenvalue weighted by molar-refractivity contribution is 5.87. The van der Waals surface area contributed by atoms with E-state index in [1.807, 2.05) is 38.1 Å². The van der Waals surface area contributed by atoms with E-state index in [-0.39, 0.29) is 36.3 Å². The number of rotatable bonds is 9. The van der Waals surface area contributed by atoms with Crippen molar-refractivity contribution in [3.05, 3.63) is 65.5 Å². The molecule has 0 heterocycles. The molecule has 1 N–H and O–H groups in total. The number of nitrogens with zero attached hydrogens (tertiary/aromatic N) is 1. The van der Waals surface area contributed by atoms with E-state index in [9.17, 15) is 14.0 Å². The molecule has 0 aliphatic rings.